The number of carbonyl (C=O) groups excluding carboxylic acids is 4. The van der Waals surface area contributed by atoms with Crippen LogP contribution in [0.4, 0.5) is 14.9 Å². The Bertz CT molecular complexity index is 1070. The van der Waals surface area contributed by atoms with E-state index in [0.29, 0.717) is 11.3 Å². The third-order valence-corrected chi connectivity index (χ3v) is 5.18. The average molecular weight is 447 g/mol. The molecule has 1 heterocycles. The van der Waals surface area contributed by atoms with Crippen LogP contribution in [0.2, 0.25) is 5.02 Å². The maximum absolute atomic E-state index is 13.4. The molecule has 2 aromatic rings. The zero-order valence-electron chi connectivity index (χ0n) is 17.0. The number of halogens is 2. The number of nitrogens with zero attached hydrogens (tertiary/aromatic N) is 2. The molecule has 10 heteroatoms. The van der Waals surface area contributed by atoms with Crippen LogP contribution in [0.25, 0.3) is 0 Å². The minimum absolute atomic E-state index is 0.0187. The van der Waals surface area contributed by atoms with Gasteiger partial charge in [-0.3, -0.25) is 19.3 Å². The summed E-state index contributed by atoms with van der Waals surface area (Å²) in [6.45, 7) is 0.905. The van der Waals surface area contributed by atoms with Gasteiger partial charge in [-0.15, -0.1) is 0 Å². The summed E-state index contributed by atoms with van der Waals surface area (Å²) in [5, 5.41) is 5.07. The summed E-state index contributed by atoms with van der Waals surface area (Å²) in [6.07, 6.45) is 0. The number of benzene rings is 2. The topological polar surface area (TPSA) is 98.8 Å². The summed E-state index contributed by atoms with van der Waals surface area (Å²) < 4.78 is 13.4. The third-order valence-electron chi connectivity index (χ3n) is 4.87. The molecule has 1 aliphatic rings. The van der Waals surface area contributed by atoms with Crippen molar-refractivity contribution in [1.29, 1.82) is 0 Å². The molecule has 2 N–H and O–H groups in total. The van der Waals surface area contributed by atoms with Gasteiger partial charge in [0, 0.05) is 35.9 Å². The number of amides is 5. The fourth-order valence-electron chi connectivity index (χ4n) is 3.22. The van der Waals surface area contributed by atoms with Crippen LogP contribution in [0.1, 0.15) is 22.8 Å². The van der Waals surface area contributed by atoms with E-state index in [1.165, 1.54) is 17.9 Å². The van der Waals surface area contributed by atoms with Crippen molar-refractivity contribution in [2.45, 2.75) is 12.5 Å². The van der Waals surface area contributed by atoms with Gasteiger partial charge in [0.1, 0.15) is 17.9 Å². The van der Waals surface area contributed by atoms with E-state index >= 15 is 0 Å². The predicted molar refractivity (Wildman–Crippen MR) is 112 cm³/mol. The molecule has 1 atom stereocenters. The Hall–Kier alpha value is -3.46. The second-order valence-electron chi connectivity index (χ2n) is 7.40. The van der Waals surface area contributed by atoms with Crippen LogP contribution in [0.3, 0.4) is 0 Å². The second kappa shape index (κ2) is 8.35. The van der Waals surface area contributed by atoms with Crippen molar-refractivity contribution in [2.24, 2.45) is 0 Å². The van der Waals surface area contributed by atoms with Gasteiger partial charge >= 0.3 is 6.03 Å². The number of anilines is 1. The lowest BCUT2D eigenvalue weighted by Gasteiger charge is -2.23. The first kappa shape index (κ1) is 22.2. The van der Waals surface area contributed by atoms with Crippen LogP contribution in [0.5, 0.6) is 0 Å². The number of hydrogen-bond donors (Lipinski definition) is 2. The first-order chi connectivity index (χ1) is 14.5. The maximum atomic E-state index is 13.4. The van der Waals surface area contributed by atoms with Crippen molar-refractivity contribution in [3.63, 3.8) is 0 Å². The van der Waals surface area contributed by atoms with Crippen LogP contribution < -0.4 is 10.6 Å². The van der Waals surface area contributed by atoms with E-state index in [-0.39, 0.29) is 16.5 Å². The van der Waals surface area contributed by atoms with Crippen molar-refractivity contribution < 1.29 is 23.6 Å². The Labute approximate surface area is 183 Å². The van der Waals surface area contributed by atoms with Gasteiger partial charge < -0.3 is 15.5 Å². The molecule has 31 heavy (non-hydrogen) atoms. The minimum atomic E-state index is -1.53. The smallest absolute Gasteiger partial charge is 0.325 e. The lowest BCUT2D eigenvalue weighted by Crippen LogP contribution is -2.42. The number of hydrogen-bond acceptors (Lipinski definition) is 4. The molecular weight excluding hydrogens is 427 g/mol. The van der Waals surface area contributed by atoms with E-state index in [4.69, 9.17) is 11.6 Å². The molecule has 1 aliphatic heterocycles. The van der Waals surface area contributed by atoms with Crippen LogP contribution in [0.15, 0.2) is 42.5 Å². The first-order valence-corrected chi connectivity index (χ1v) is 9.62. The molecule has 1 saturated heterocycles. The SMILES string of the molecule is CN(C)C(=O)c1ccc(NC(=O)CN2C(=O)NC(C)(c3ccc(F)cc3Cl)C2=O)cc1. The molecule has 8 nitrogen and oxygen atoms in total. The van der Waals surface area contributed by atoms with E-state index in [1.807, 2.05) is 0 Å². The van der Waals surface area contributed by atoms with E-state index in [2.05, 4.69) is 10.6 Å². The number of imide groups is 1. The Morgan fingerprint density at radius 3 is 2.39 bits per heavy atom. The number of rotatable bonds is 5. The van der Waals surface area contributed by atoms with Gasteiger partial charge in [0.2, 0.25) is 5.91 Å². The van der Waals surface area contributed by atoms with Crippen LogP contribution in [-0.4, -0.2) is 54.2 Å². The monoisotopic (exact) mass is 446 g/mol. The van der Waals surface area contributed by atoms with Gasteiger partial charge in [0.15, 0.2) is 0 Å². The Balaban J connectivity index is 1.71. The highest BCUT2D eigenvalue weighted by Gasteiger charge is 2.50. The van der Waals surface area contributed by atoms with Gasteiger partial charge in [-0.25, -0.2) is 9.18 Å². The molecule has 2 aromatic carbocycles. The summed E-state index contributed by atoms with van der Waals surface area (Å²) in [7, 11) is 3.26. The van der Waals surface area contributed by atoms with Crippen LogP contribution >= 0.6 is 11.6 Å². The van der Waals surface area contributed by atoms with Gasteiger partial charge in [-0.1, -0.05) is 17.7 Å². The molecule has 1 fully saturated rings. The highest BCUT2D eigenvalue weighted by atomic mass is 35.5. The van der Waals surface area contributed by atoms with Crippen molar-refractivity contribution >= 4 is 41.0 Å². The molecule has 0 aliphatic carbocycles. The number of urea groups is 1. The summed E-state index contributed by atoms with van der Waals surface area (Å²) >= 11 is 6.06. The van der Waals surface area contributed by atoms with Gasteiger partial charge in [-0.2, -0.15) is 0 Å². The quantitative estimate of drug-likeness (QED) is 0.689. The van der Waals surface area contributed by atoms with E-state index in [0.717, 1.165) is 17.0 Å². The van der Waals surface area contributed by atoms with Gasteiger partial charge in [-0.05, 0) is 43.3 Å². The summed E-state index contributed by atoms with van der Waals surface area (Å²) in [5.41, 5.74) is -0.463. The zero-order valence-corrected chi connectivity index (χ0v) is 17.8. The molecular formula is C21H20ClFN4O4. The third kappa shape index (κ3) is 4.36. The maximum Gasteiger partial charge on any atom is 0.325 e. The summed E-state index contributed by atoms with van der Waals surface area (Å²) in [6, 6.07) is 8.92. The number of nitrogens with one attached hydrogen (secondary N) is 2. The lowest BCUT2D eigenvalue weighted by atomic mass is 9.92. The predicted octanol–water partition coefficient (Wildman–Crippen LogP) is 2.59. The standard InChI is InChI=1S/C21H20ClFN4O4/c1-21(15-9-6-13(23)10-16(15)22)19(30)27(20(31)25-21)11-17(28)24-14-7-4-12(5-8-14)18(29)26(2)3/h4-10H,11H2,1-3H3,(H,24,28)(H,25,31). The highest BCUT2D eigenvalue weighted by Crippen LogP contribution is 2.33. The average Bonchev–Trinajstić information content (AvgIpc) is 2.91. The molecule has 0 spiro atoms. The molecule has 5 amide bonds. The molecule has 162 valence electrons. The van der Waals surface area contributed by atoms with Crippen molar-refractivity contribution in [2.75, 3.05) is 26.0 Å². The first-order valence-electron chi connectivity index (χ1n) is 9.24. The second-order valence-corrected chi connectivity index (χ2v) is 7.80. The Morgan fingerprint density at radius 2 is 1.81 bits per heavy atom. The van der Waals surface area contributed by atoms with Gasteiger partial charge in [0.05, 0.1) is 0 Å². The summed E-state index contributed by atoms with van der Waals surface area (Å²) in [5.74, 6) is -2.06. The minimum Gasteiger partial charge on any atom is -0.345 e. The Kier molecular flexibility index (Phi) is 5.99. The fraction of sp³-hybridized carbons (Fsp3) is 0.238. The lowest BCUT2D eigenvalue weighted by molar-refractivity contribution is -0.133. The van der Waals surface area contributed by atoms with Crippen molar-refractivity contribution in [3.05, 3.63) is 64.4 Å². The molecule has 1 unspecified atom stereocenters. The van der Waals surface area contributed by atoms with E-state index in [9.17, 15) is 23.6 Å². The largest absolute Gasteiger partial charge is 0.345 e. The molecule has 0 bridgehead atoms. The Morgan fingerprint density at radius 1 is 1.16 bits per heavy atom. The number of carbonyl (C=O) groups is 4. The summed E-state index contributed by atoms with van der Waals surface area (Å²) in [4.78, 5) is 51.8. The molecule has 0 aromatic heterocycles. The van der Waals surface area contributed by atoms with Crippen LogP contribution in [0, 0.1) is 5.82 Å². The molecule has 0 saturated carbocycles. The van der Waals surface area contributed by atoms with Crippen molar-refractivity contribution in [1.82, 2.24) is 15.1 Å². The fourth-order valence-corrected chi connectivity index (χ4v) is 3.57. The zero-order chi connectivity index (χ0) is 22.9. The van der Waals surface area contributed by atoms with E-state index < -0.39 is 35.7 Å². The highest BCUT2D eigenvalue weighted by molar-refractivity contribution is 6.32. The molecule has 0 radical (unpaired) electrons. The van der Waals surface area contributed by atoms with E-state index in [1.54, 1.807) is 38.4 Å². The van der Waals surface area contributed by atoms with Crippen molar-refractivity contribution in [3.8, 4) is 0 Å². The normalized spacial score (nSPS) is 18.0. The molecule has 3 rings (SSSR count). The van der Waals surface area contributed by atoms with Crippen LogP contribution in [-0.2, 0) is 15.1 Å². The van der Waals surface area contributed by atoms with Gasteiger partial charge in [0.25, 0.3) is 11.8 Å².